The van der Waals surface area contributed by atoms with Crippen LogP contribution in [0.4, 0.5) is 0 Å². The molecule has 1 aromatic rings. The second-order valence-corrected chi connectivity index (χ2v) is 7.50. The second-order valence-electron chi connectivity index (χ2n) is 5.94. The fourth-order valence-corrected chi connectivity index (χ4v) is 3.34. The highest BCUT2D eigenvalue weighted by Gasteiger charge is 2.30. The summed E-state index contributed by atoms with van der Waals surface area (Å²) in [6.07, 6.45) is 2.15. The van der Waals surface area contributed by atoms with Crippen molar-refractivity contribution in [1.29, 1.82) is 0 Å². The Kier molecular flexibility index (Phi) is 5.56. The van der Waals surface area contributed by atoms with E-state index in [0.717, 1.165) is 16.7 Å². The summed E-state index contributed by atoms with van der Waals surface area (Å²) in [5, 5.41) is 5.05. The molecule has 0 aliphatic carbocycles. The third kappa shape index (κ3) is 4.10. The van der Waals surface area contributed by atoms with Gasteiger partial charge in [-0.25, -0.2) is 13.6 Å². The molecule has 2 N–H and O–H groups in total. The number of aryl methyl sites for hydroxylation is 1. The molecule has 0 saturated carbocycles. The molecular weight excluding hydrogens is 328 g/mol. The molecule has 130 valence electrons. The smallest absolute Gasteiger partial charge is 0.256 e. The van der Waals surface area contributed by atoms with Crippen LogP contribution in [0.25, 0.3) is 0 Å². The summed E-state index contributed by atoms with van der Waals surface area (Å²) in [4.78, 5) is 25.7. The third-order valence-corrected chi connectivity index (χ3v) is 5.11. The zero-order chi connectivity index (χ0) is 17.9. The lowest BCUT2D eigenvalue weighted by molar-refractivity contribution is -0.141. The van der Waals surface area contributed by atoms with E-state index in [0.29, 0.717) is 25.8 Å². The van der Waals surface area contributed by atoms with E-state index in [1.807, 2.05) is 13.8 Å². The zero-order valence-corrected chi connectivity index (χ0v) is 14.7. The minimum absolute atomic E-state index is 0.0682. The molecule has 1 heterocycles. The van der Waals surface area contributed by atoms with E-state index in [-0.39, 0.29) is 23.1 Å². The van der Waals surface area contributed by atoms with Crippen molar-refractivity contribution in [3.8, 4) is 0 Å². The lowest BCUT2D eigenvalue weighted by Gasteiger charge is -2.14. The number of nitrogens with zero attached hydrogens (tertiary/aromatic N) is 1. The first-order chi connectivity index (χ1) is 11.2. The molecule has 1 aliphatic rings. The number of primary sulfonamides is 1. The normalized spacial score (nSPS) is 15.3. The highest BCUT2D eigenvalue weighted by atomic mass is 32.2. The molecule has 2 rings (SSSR count). The number of sulfonamides is 1. The Morgan fingerprint density at radius 3 is 2.38 bits per heavy atom. The molecule has 7 heteroatoms. The summed E-state index contributed by atoms with van der Waals surface area (Å²) in [5.41, 5.74) is 2.63. The monoisotopic (exact) mass is 350 g/mol. The molecule has 24 heavy (non-hydrogen) atoms. The lowest BCUT2D eigenvalue weighted by Crippen LogP contribution is -2.33. The highest BCUT2D eigenvalue weighted by molar-refractivity contribution is 7.89. The molecule has 1 aromatic carbocycles. The van der Waals surface area contributed by atoms with Crippen LogP contribution in [0.15, 0.2) is 40.3 Å². The maximum absolute atomic E-state index is 12.2. The number of hydrogen-bond donors (Lipinski definition) is 1. The fourth-order valence-electron chi connectivity index (χ4n) is 2.83. The molecule has 0 saturated heterocycles. The van der Waals surface area contributed by atoms with Crippen LogP contribution in [0.3, 0.4) is 0 Å². The SMILES string of the molecule is CCC1=C(C)CN(C(=O)CCCc2ccc(S(N)(=O)=O)cc2)C1=O. The van der Waals surface area contributed by atoms with E-state index < -0.39 is 10.0 Å². The van der Waals surface area contributed by atoms with Crippen molar-refractivity contribution in [3.63, 3.8) is 0 Å². The summed E-state index contributed by atoms with van der Waals surface area (Å²) in [7, 11) is -3.69. The van der Waals surface area contributed by atoms with Gasteiger partial charge in [0, 0.05) is 12.0 Å². The van der Waals surface area contributed by atoms with Gasteiger partial charge in [-0.2, -0.15) is 0 Å². The van der Waals surface area contributed by atoms with Gasteiger partial charge in [-0.15, -0.1) is 0 Å². The van der Waals surface area contributed by atoms with Gasteiger partial charge in [0.05, 0.1) is 11.4 Å². The first-order valence-electron chi connectivity index (χ1n) is 7.89. The van der Waals surface area contributed by atoms with Gasteiger partial charge in [-0.1, -0.05) is 19.1 Å². The molecule has 0 aromatic heterocycles. The number of carbonyl (C=O) groups excluding carboxylic acids is 2. The van der Waals surface area contributed by atoms with Crippen molar-refractivity contribution in [2.75, 3.05) is 6.54 Å². The second kappa shape index (κ2) is 7.27. The van der Waals surface area contributed by atoms with Crippen molar-refractivity contribution >= 4 is 21.8 Å². The molecule has 0 fully saturated rings. The third-order valence-electron chi connectivity index (χ3n) is 4.18. The predicted molar refractivity (Wildman–Crippen MR) is 90.5 cm³/mol. The summed E-state index contributed by atoms with van der Waals surface area (Å²) >= 11 is 0. The largest absolute Gasteiger partial charge is 0.275 e. The summed E-state index contributed by atoms with van der Waals surface area (Å²) < 4.78 is 22.4. The molecule has 0 unspecified atom stereocenters. The van der Waals surface area contributed by atoms with E-state index in [1.54, 1.807) is 12.1 Å². The minimum Gasteiger partial charge on any atom is -0.275 e. The van der Waals surface area contributed by atoms with Gasteiger partial charge < -0.3 is 0 Å². The van der Waals surface area contributed by atoms with E-state index in [4.69, 9.17) is 5.14 Å². The number of imide groups is 1. The summed E-state index contributed by atoms with van der Waals surface area (Å²) in [6.45, 7) is 4.19. The van der Waals surface area contributed by atoms with Crippen molar-refractivity contribution in [1.82, 2.24) is 4.90 Å². The Balaban J connectivity index is 1.87. The standard InChI is InChI=1S/C17H22N2O4S/c1-3-15-12(2)11-19(17(15)21)16(20)6-4-5-13-7-9-14(10-8-13)24(18,22)23/h7-10H,3-6,11H2,1-2H3,(H2,18,22,23). The highest BCUT2D eigenvalue weighted by Crippen LogP contribution is 2.22. The van der Waals surface area contributed by atoms with Crippen LogP contribution >= 0.6 is 0 Å². The molecule has 0 atom stereocenters. The van der Waals surface area contributed by atoms with Gasteiger partial charge in [-0.05, 0) is 49.5 Å². The number of nitrogens with two attached hydrogens (primary N) is 1. The first-order valence-corrected chi connectivity index (χ1v) is 9.43. The maximum Gasteiger partial charge on any atom is 0.256 e. The fraction of sp³-hybridized carbons (Fsp3) is 0.412. The summed E-state index contributed by atoms with van der Waals surface area (Å²) in [5.74, 6) is -0.332. The molecule has 0 bridgehead atoms. The van der Waals surface area contributed by atoms with Crippen LogP contribution in [0.2, 0.25) is 0 Å². The zero-order valence-electron chi connectivity index (χ0n) is 13.9. The number of carbonyl (C=O) groups is 2. The molecule has 6 nitrogen and oxygen atoms in total. The molecule has 0 radical (unpaired) electrons. The Bertz CT molecular complexity index is 779. The van der Waals surface area contributed by atoms with Crippen LogP contribution in [0, 0.1) is 0 Å². The average molecular weight is 350 g/mol. The van der Waals surface area contributed by atoms with Gasteiger partial charge in [0.15, 0.2) is 0 Å². The van der Waals surface area contributed by atoms with Crippen molar-refractivity contribution < 1.29 is 18.0 Å². The van der Waals surface area contributed by atoms with Crippen LogP contribution < -0.4 is 5.14 Å². The van der Waals surface area contributed by atoms with E-state index in [9.17, 15) is 18.0 Å². The van der Waals surface area contributed by atoms with Gasteiger partial charge in [0.2, 0.25) is 15.9 Å². The van der Waals surface area contributed by atoms with Crippen LogP contribution in [0.5, 0.6) is 0 Å². The van der Waals surface area contributed by atoms with Crippen molar-refractivity contribution in [3.05, 3.63) is 41.0 Å². The van der Waals surface area contributed by atoms with Crippen LogP contribution in [0.1, 0.15) is 38.7 Å². The Morgan fingerprint density at radius 1 is 1.25 bits per heavy atom. The molecule has 0 spiro atoms. The molecule has 1 aliphatic heterocycles. The van der Waals surface area contributed by atoms with Gasteiger partial charge >= 0.3 is 0 Å². The maximum atomic E-state index is 12.2. The number of rotatable bonds is 6. The van der Waals surface area contributed by atoms with Crippen molar-refractivity contribution in [2.24, 2.45) is 5.14 Å². The number of benzene rings is 1. The molecule has 2 amide bonds. The van der Waals surface area contributed by atoms with Crippen LogP contribution in [-0.4, -0.2) is 31.7 Å². The topological polar surface area (TPSA) is 97.5 Å². The van der Waals surface area contributed by atoms with Gasteiger partial charge in [-0.3, -0.25) is 14.5 Å². The van der Waals surface area contributed by atoms with E-state index in [1.165, 1.54) is 17.0 Å². The van der Waals surface area contributed by atoms with Crippen LogP contribution in [-0.2, 0) is 26.0 Å². The Morgan fingerprint density at radius 2 is 1.88 bits per heavy atom. The Labute approximate surface area is 142 Å². The van der Waals surface area contributed by atoms with E-state index >= 15 is 0 Å². The lowest BCUT2D eigenvalue weighted by atomic mass is 10.1. The average Bonchev–Trinajstić information content (AvgIpc) is 2.81. The quantitative estimate of drug-likeness (QED) is 0.845. The van der Waals surface area contributed by atoms with Gasteiger partial charge in [0.25, 0.3) is 5.91 Å². The van der Waals surface area contributed by atoms with Crippen molar-refractivity contribution in [2.45, 2.75) is 44.4 Å². The summed E-state index contributed by atoms with van der Waals surface area (Å²) in [6, 6.07) is 6.28. The van der Waals surface area contributed by atoms with Gasteiger partial charge in [0.1, 0.15) is 0 Å². The minimum atomic E-state index is -3.69. The number of hydrogen-bond acceptors (Lipinski definition) is 4. The molecular formula is C17H22N2O4S. The first kappa shape index (κ1) is 18.4. The predicted octanol–water partition coefficient (Wildman–Crippen LogP) is 1.75. The number of amides is 2. The Hall–Kier alpha value is -1.99. The van der Waals surface area contributed by atoms with E-state index in [2.05, 4.69) is 0 Å².